The normalized spacial score (nSPS) is 46.4. The van der Waals surface area contributed by atoms with Gasteiger partial charge in [-0.25, -0.2) is 0 Å². The van der Waals surface area contributed by atoms with Crippen LogP contribution in [0.25, 0.3) is 0 Å². The third kappa shape index (κ3) is 1.56. The molecule has 0 saturated heterocycles. The van der Waals surface area contributed by atoms with Crippen molar-refractivity contribution in [1.29, 1.82) is 5.26 Å². The summed E-state index contributed by atoms with van der Waals surface area (Å²) in [6, 6.07) is 2.27. The van der Waals surface area contributed by atoms with Crippen LogP contribution in [0, 0.1) is 40.9 Å². The molecular formula is C14H18BrN. The molecule has 0 aliphatic heterocycles. The fraction of sp³-hybridized carbons (Fsp3) is 0.786. The van der Waals surface area contributed by atoms with E-state index in [4.69, 9.17) is 5.26 Å². The van der Waals surface area contributed by atoms with Gasteiger partial charge in [0.05, 0.1) is 4.48 Å². The average molecular weight is 280 g/mol. The van der Waals surface area contributed by atoms with Gasteiger partial charge in [-0.05, 0) is 90.1 Å². The molecule has 0 heterocycles. The fourth-order valence-electron chi connectivity index (χ4n) is 4.87. The zero-order valence-corrected chi connectivity index (χ0v) is 11.3. The molecule has 0 aromatic carbocycles. The van der Waals surface area contributed by atoms with Crippen LogP contribution in [0.15, 0.2) is 10.1 Å². The highest BCUT2D eigenvalue weighted by Crippen LogP contribution is 2.58. The molecular weight excluding hydrogens is 262 g/mol. The molecule has 4 aliphatic carbocycles. The molecule has 4 rings (SSSR count). The summed E-state index contributed by atoms with van der Waals surface area (Å²) in [6.07, 6.45) is 7.23. The zero-order chi connectivity index (χ0) is 11.3. The molecule has 0 N–H and O–H groups in total. The standard InChI is InChI=1S/C14H18BrN/c1-8(13(15)7-16)14-11-3-9-2-10(5-11)6-12(14)4-9/h9-12,14H,2-6H2,1H3/b13-8+. The molecule has 4 saturated carbocycles. The highest BCUT2D eigenvalue weighted by molar-refractivity contribution is 9.12. The highest BCUT2D eigenvalue weighted by Gasteiger charge is 2.48. The number of hydrogen-bond donors (Lipinski definition) is 0. The maximum atomic E-state index is 9.01. The Balaban J connectivity index is 1.90. The van der Waals surface area contributed by atoms with E-state index in [0.717, 1.165) is 28.2 Å². The number of allylic oxidation sites excluding steroid dienone is 2. The summed E-state index contributed by atoms with van der Waals surface area (Å²) in [6.45, 7) is 2.17. The molecule has 0 spiro atoms. The predicted molar refractivity (Wildman–Crippen MR) is 67.8 cm³/mol. The van der Waals surface area contributed by atoms with Crippen LogP contribution in [-0.2, 0) is 0 Å². The zero-order valence-electron chi connectivity index (χ0n) is 9.75. The van der Waals surface area contributed by atoms with Crippen molar-refractivity contribution in [3.05, 3.63) is 10.1 Å². The fourth-order valence-corrected chi connectivity index (χ4v) is 5.13. The Bertz CT molecular complexity index is 349. The Morgan fingerprint density at radius 3 is 2.00 bits per heavy atom. The lowest BCUT2D eigenvalue weighted by Crippen LogP contribution is -2.45. The molecule has 0 radical (unpaired) electrons. The van der Waals surface area contributed by atoms with Gasteiger partial charge in [0.1, 0.15) is 6.07 Å². The predicted octanol–water partition coefficient (Wildman–Crippen LogP) is 4.25. The van der Waals surface area contributed by atoms with Gasteiger partial charge in [0.2, 0.25) is 0 Å². The molecule has 16 heavy (non-hydrogen) atoms. The molecule has 0 amide bonds. The minimum Gasteiger partial charge on any atom is -0.192 e. The molecule has 0 aromatic rings. The van der Waals surface area contributed by atoms with E-state index in [1.54, 1.807) is 0 Å². The van der Waals surface area contributed by atoms with Gasteiger partial charge in [0.15, 0.2) is 0 Å². The van der Waals surface area contributed by atoms with Crippen LogP contribution in [0.3, 0.4) is 0 Å². The smallest absolute Gasteiger partial charge is 0.107 e. The van der Waals surface area contributed by atoms with Crippen molar-refractivity contribution in [2.24, 2.45) is 29.6 Å². The lowest BCUT2D eigenvalue weighted by atomic mass is 9.50. The van der Waals surface area contributed by atoms with Crippen molar-refractivity contribution in [1.82, 2.24) is 0 Å². The molecule has 0 atom stereocenters. The Labute approximate surface area is 106 Å². The second kappa shape index (κ2) is 3.88. The first-order chi connectivity index (χ1) is 7.69. The third-order valence-corrected chi connectivity index (χ3v) is 5.97. The number of rotatable bonds is 1. The summed E-state index contributed by atoms with van der Waals surface area (Å²) in [5.74, 6) is 4.52. The topological polar surface area (TPSA) is 23.8 Å². The molecule has 4 aliphatic rings. The first-order valence-electron chi connectivity index (χ1n) is 6.45. The Kier molecular flexibility index (Phi) is 2.63. The van der Waals surface area contributed by atoms with E-state index in [9.17, 15) is 0 Å². The third-order valence-electron chi connectivity index (χ3n) is 5.17. The van der Waals surface area contributed by atoms with Crippen LogP contribution in [0.4, 0.5) is 0 Å². The van der Waals surface area contributed by atoms with E-state index in [-0.39, 0.29) is 0 Å². The maximum Gasteiger partial charge on any atom is 0.107 e. The van der Waals surface area contributed by atoms with Crippen molar-refractivity contribution >= 4 is 15.9 Å². The summed E-state index contributed by atoms with van der Waals surface area (Å²) >= 11 is 3.43. The van der Waals surface area contributed by atoms with Crippen LogP contribution >= 0.6 is 15.9 Å². The van der Waals surface area contributed by atoms with Gasteiger partial charge in [-0.15, -0.1) is 0 Å². The van der Waals surface area contributed by atoms with Gasteiger partial charge in [-0.1, -0.05) is 0 Å². The highest BCUT2D eigenvalue weighted by atomic mass is 79.9. The van der Waals surface area contributed by atoms with E-state index >= 15 is 0 Å². The summed E-state index contributed by atoms with van der Waals surface area (Å²) in [4.78, 5) is 0. The van der Waals surface area contributed by atoms with Gasteiger partial charge in [-0.2, -0.15) is 5.26 Å². The van der Waals surface area contributed by atoms with Crippen molar-refractivity contribution < 1.29 is 0 Å². The number of nitriles is 1. The van der Waals surface area contributed by atoms with Crippen LogP contribution in [0.1, 0.15) is 39.0 Å². The van der Waals surface area contributed by atoms with E-state index in [1.807, 2.05) is 0 Å². The molecule has 4 bridgehead atoms. The van der Waals surface area contributed by atoms with Crippen LogP contribution in [0.5, 0.6) is 0 Å². The second-order valence-corrected chi connectivity index (χ2v) is 6.86. The Morgan fingerprint density at radius 2 is 1.56 bits per heavy atom. The SMILES string of the molecule is C/C(=C(\Br)C#N)C1C2CC3CC(C2)CC1C3. The molecule has 0 aromatic heterocycles. The lowest BCUT2D eigenvalue weighted by molar-refractivity contribution is -0.0207. The van der Waals surface area contributed by atoms with Crippen molar-refractivity contribution in [3.63, 3.8) is 0 Å². The van der Waals surface area contributed by atoms with Crippen molar-refractivity contribution in [3.8, 4) is 6.07 Å². The first-order valence-corrected chi connectivity index (χ1v) is 7.24. The summed E-state index contributed by atoms with van der Waals surface area (Å²) in [5.41, 5.74) is 1.33. The van der Waals surface area contributed by atoms with E-state index in [2.05, 4.69) is 28.9 Å². The molecule has 2 heteroatoms. The van der Waals surface area contributed by atoms with Gasteiger partial charge in [0, 0.05) is 0 Å². The van der Waals surface area contributed by atoms with Gasteiger partial charge in [-0.3, -0.25) is 0 Å². The molecule has 1 nitrogen and oxygen atoms in total. The van der Waals surface area contributed by atoms with Gasteiger partial charge in [0.25, 0.3) is 0 Å². The minimum absolute atomic E-state index is 0.710. The maximum absolute atomic E-state index is 9.01. The Morgan fingerprint density at radius 1 is 1.06 bits per heavy atom. The minimum atomic E-state index is 0.710. The summed E-state index contributed by atoms with van der Waals surface area (Å²) in [7, 11) is 0. The van der Waals surface area contributed by atoms with Crippen LogP contribution < -0.4 is 0 Å². The summed E-state index contributed by atoms with van der Waals surface area (Å²) < 4.78 is 0.796. The average Bonchev–Trinajstić information content (AvgIpc) is 2.26. The van der Waals surface area contributed by atoms with Gasteiger partial charge < -0.3 is 0 Å². The summed E-state index contributed by atoms with van der Waals surface area (Å²) in [5, 5.41) is 9.01. The Hall–Kier alpha value is -0.290. The van der Waals surface area contributed by atoms with Crippen molar-refractivity contribution in [2.45, 2.75) is 39.0 Å². The molecule has 0 unspecified atom stereocenters. The second-order valence-electron chi connectivity index (χ2n) is 6.07. The van der Waals surface area contributed by atoms with Gasteiger partial charge >= 0.3 is 0 Å². The number of halogens is 1. The van der Waals surface area contributed by atoms with E-state index in [1.165, 1.54) is 37.7 Å². The van der Waals surface area contributed by atoms with Crippen LogP contribution in [-0.4, -0.2) is 0 Å². The largest absolute Gasteiger partial charge is 0.192 e. The number of nitrogens with zero attached hydrogens (tertiary/aromatic N) is 1. The molecule has 4 fully saturated rings. The number of hydrogen-bond acceptors (Lipinski definition) is 1. The lowest BCUT2D eigenvalue weighted by Gasteiger charge is -2.55. The molecule has 86 valence electrons. The van der Waals surface area contributed by atoms with E-state index < -0.39 is 0 Å². The monoisotopic (exact) mass is 279 g/mol. The first kappa shape index (κ1) is 10.8. The van der Waals surface area contributed by atoms with E-state index in [0.29, 0.717) is 5.92 Å². The van der Waals surface area contributed by atoms with Crippen molar-refractivity contribution in [2.75, 3.05) is 0 Å². The van der Waals surface area contributed by atoms with Crippen LogP contribution in [0.2, 0.25) is 0 Å². The quantitative estimate of drug-likeness (QED) is 0.659.